The minimum Gasteiger partial charge on any atom is -0.222 e. The summed E-state index contributed by atoms with van der Waals surface area (Å²) in [6.07, 6.45) is 20.6. The van der Waals surface area contributed by atoms with E-state index >= 15 is 0 Å². The molecule has 0 aromatic heterocycles. The zero-order valence-electron chi connectivity index (χ0n) is 21.9. The number of unbranched alkanes of at least 4 members (excludes halogenated alkanes) is 12. The maximum absolute atomic E-state index is 12.3. The van der Waals surface area contributed by atoms with Gasteiger partial charge < -0.3 is 0 Å². The van der Waals surface area contributed by atoms with Crippen molar-refractivity contribution in [1.29, 1.82) is 0 Å². The molecule has 2 aromatic carbocycles. The largest absolute Gasteiger partial charge is 2.00 e. The Bertz CT molecular complexity index is 712. The van der Waals surface area contributed by atoms with Gasteiger partial charge in [0.2, 0.25) is 0 Å². The molecule has 1 radical (unpaired) electrons. The Morgan fingerprint density at radius 3 is 1.17 bits per heavy atom. The summed E-state index contributed by atoms with van der Waals surface area (Å²) in [6.45, 7) is 4.51. The monoisotopic (exact) mass is 544 g/mol. The number of hydrogen-bond acceptors (Lipinski definition) is 3. The summed E-state index contributed by atoms with van der Waals surface area (Å²) in [7, 11) is -2.24. The molecule has 0 spiro atoms. The van der Waals surface area contributed by atoms with Crippen molar-refractivity contribution in [3.05, 3.63) is 59.7 Å². The second kappa shape index (κ2) is 20.8. The first-order chi connectivity index (χ1) is 16.7. The summed E-state index contributed by atoms with van der Waals surface area (Å²) >= 11 is 0. The Kier molecular flexibility index (Phi) is 18.8. The molecule has 2 rings (SSSR count). The van der Waals surface area contributed by atoms with Gasteiger partial charge >= 0.3 is 25.0 Å². The van der Waals surface area contributed by atoms with Gasteiger partial charge in [0.25, 0.3) is 0 Å². The molecule has 0 aliphatic rings. The third-order valence-corrected chi connectivity index (χ3v) is 7.06. The summed E-state index contributed by atoms with van der Waals surface area (Å²) in [5.74, 6) is 1.17. The van der Waals surface area contributed by atoms with Gasteiger partial charge in [-0.1, -0.05) is 115 Å². The van der Waals surface area contributed by atoms with Crippen molar-refractivity contribution in [1.82, 2.24) is 0 Å². The summed E-state index contributed by atoms with van der Waals surface area (Å²) < 4.78 is 23.3. The number of aryl methyl sites for hydroxylation is 2. The Balaban J connectivity index is 0.00000612. The van der Waals surface area contributed by atoms with E-state index in [2.05, 4.69) is 38.1 Å². The van der Waals surface area contributed by atoms with Crippen LogP contribution in [-0.4, -0.2) is 0 Å². The first kappa shape index (κ1) is 31.7. The average Bonchev–Trinajstić information content (AvgIpc) is 2.85. The molecule has 35 heavy (non-hydrogen) atoms. The van der Waals surface area contributed by atoms with Gasteiger partial charge in [-0.25, -0.2) is 9.05 Å². The van der Waals surface area contributed by atoms with E-state index in [0.717, 1.165) is 12.8 Å². The normalized spacial score (nSPS) is 10.6. The molecule has 0 N–H and O–H groups in total. The predicted molar refractivity (Wildman–Crippen MR) is 145 cm³/mol. The molecule has 0 heterocycles. The van der Waals surface area contributed by atoms with Gasteiger partial charge in [0.1, 0.15) is 0 Å². The van der Waals surface area contributed by atoms with Gasteiger partial charge in [-0.3, -0.25) is 0 Å². The van der Waals surface area contributed by atoms with Crippen molar-refractivity contribution in [3.8, 4) is 11.5 Å². The summed E-state index contributed by atoms with van der Waals surface area (Å²) in [5, 5.41) is 0. The molecule has 0 fully saturated rings. The summed E-state index contributed by atoms with van der Waals surface area (Å²) in [5.41, 5.74) is 2.60. The minimum absolute atomic E-state index is 0. The van der Waals surface area contributed by atoms with Crippen molar-refractivity contribution in [2.75, 3.05) is 0 Å². The van der Waals surface area contributed by atoms with Crippen molar-refractivity contribution in [2.24, 2.45) is 0 Å². The van der Waals surface area contributed by atoms with Gasteiger partial charge in [-0.2, -0.15) is 0 Å². The second-order valence-corrected chi connectivity index (χ2v) is 10.2. The number of hydrogen-bond donors (Lipinski definition) is 0. The van der Waals surface area contributed by atoms with Crippen LogP contribution in [0.5, 0.6) is 11.5 Å². The van der Waals surface area contributed by atoms with Crippen LogP contribution in [0.2, 0.25) is 0 Å². The maximum Gasteiger partial charge on any atom is 2.00 e. The topological polar surface area (TPSA) is 35.5 Å². The van der Waals surface area contributed by atoms with E-state index in [9.17, 15) is 4.57 Å². The molecule has 0 atom stereocenters. The fourth-order valence-electron chi connectivity index (χ4n) is 4.20. The minimum atomic E-state index is -2.24. The zero-order valence-corrected chi connectivity index (χ0v) is 23.9. The van der Waals surface area contributed by atoms with Crippen LogP contribution < -0.4 is 9.05 Å². The average molecular weight is 545 g/mol. The molecule has 0 aliphatic heterocycles. The zero-order chi connectivity index (χ0) is 24.3. The van der Waals surface area contributed by atoms with Crippen molar-refractivity contribution < 1.29 is 30.4 Å². The Morgan fingerprint density at radius 1 is 0.514 bits per heavy atom. The first-order valence-electron chi connectivity index (χ1n) is 13.7. The maximum atomic E-state index is 12.3. The van der Waals surface area contributed by atoms with Crippen LogP contribution in [0.25, 0.3) is 0 Å². The van der Waals surface area contributed by atoms with E-state index in [4.69, 9.17) is 9.05 Å². The van der Waals surface area contributed by atoms with Gasteiger partial charge in [0.15, 0.2) is 11.5 Å². The van der Waals surface area contributed by atoms with E-state index in [0.29, 0.717) is 11.5 Å². The molecule has 0 unspecified atom stereocenters. The Morgan fingerprint density at radius 2 is 0.829 bits per heavy atom. The van der Waals surface area contributed by atoms with Crippen LogP contribution in [0.3, 0.4) is 0 Å². The third-order valence-electron chi connectivity index (χ3n) is 6.34. The predicted octanol–water partition coefficient (Wildman–Crippen LogP) is 10.4. The van der Waals surface area contributed by atoms with Gasteiger partial charge in [-0.15, -0.1) is 0 Å². The third kappa shape index (κ3) is 15.4. The first-order valence-corrected chi connectivity index (χ1v) is 14.8. The van der Waals surface area contributed by atoms with Crippen LogP contribution in [0.1, 0.15) is 115 Å². The molecule has 0 saturated heterocycles. The fraction of sp³-hybridized carbons (Fsp3) is 0.600. The molecule has 3 nitrogen and oxygen atoms in total. The fourth-order valence-corrected chi connectivity index (χ4v) is 4.82. The van der Waals surface area contributed by atoms with Crippen LogP contribution >= 0.6 is 8.25 Å². The standard InChI is InChI=1S/C30H46O3P.Co/c1-3-5-7-9-11-13-15-17-27-19-23-29(24-20-27)32-34(31)33-30-25-21-28(22-26-30)18-16-14-12-10-8-6-4-2;/h19-26H,3-18H2,1-2H3;/q+1;+2. The molecule has 0 saturated carbocycles. The molecular formula is C30H46CoO3P+3. The van der Waals surface area contributed by atoms with Gasteiger partial charge in [0.05, 0.1) is 0 Å². The summed E-state index contributed by atoms with van der Waals surface area (Å²) in [6, 6.07) is 15.8. The van der Waals surface area contributed by atoms with Gasteiger partial charge in [0, 0.05) is 4.57 Å². The van der Waals surface area contributed by atoms with Crippen LogP contribution in [0.15, 0.2) is 48.5 Å². The smallest absolute Gasteiger partial charge is 0.222 e. The van der Waals surface area contributed by atoms with Crippen LogP contribution in [0, 0.1) is 0 Å². The summed E-state index contributed by atoms with van der Waals surface area (Å²) in [4.78, 5) is 0. The van der Waals surface area contributed by atoms with E-state index in [1.54, 1.807) is 0 Å². The second-order valence-electron chi connectivity index (χ2n) is 9.44. The molecule has 0 bridgehead atoms. The van der Waals surface area contributed by atoms with E-state index in [-0.39, 0.29) is 16.8 Å². The van der Waals surface area contributed by atoms with E-state index in [1.165, 1.54) is 101 Å². The van der Waals surface area contributed by atoms with E-state index < -0.39 is 8.25 Å². The van der Waals surface area contributed by atoms with Crippen molar-refractivity contribution >= 4 is 8.25 Å². The molecule has 5 heteroatoms. The SMILES string of the molecule is CCCCCCCCCc1ccc(O[P+](=O)Oc2ccc(CCCCCCCCC)cc2)cc1.[Co+2]. The number of benzene rings is 2. The Hall–Kier alpha value is -1.35. The molecule has 2 aromatic rings. The molecule has 0 aliphatic carbocycles. The van der Waals surface area contributed by atoms with E-state index in [1.807, 2.05) is 24.3 Å². The van der Waals surface area contributed by atoms with Gasteiger partial charge in [-0.05, 0) is 61.1 Å². The molecule has 195 valence electrons. The van der Waals surface area contributed by atoms with Crippen molar-refractivity contribution in [2.45, 2.75) is 117 Å². The quantitative estimate of drug-likeness (QED) is 0.123. The molecule has 0 amide bonds. The van der Waals surface area contributed by atoms with Crippen LogP contribution in [0.4, 0.5) is 0 Å². The van der Waals surface area contributed by atoms with Crippen LogP contribution in [-0.2, 0) is 34.2 Å². The number of rotatable bonds is 20. The van der Waals surface area contributed by atoms with Crippen molar-refractivity contribution in [3.63, 3.8) is 0 Å². The Labute approximate surface area is 225 Å². The molecular weight excluding hydrogens is 498 g/mol.